The summed E-state index contributed by atoms with van der Waals surface area (Å²) in [5.74, 6) is 0.460. The minimum absolute atomic E-state index is 0.277. The van der Waals surface area contributed by atoms with Gasteiger partial charge in [-0.3, -0.25) is 14.4 Å². The fourth-order valence-corrected chi connectivity index (χ4v) is 6.15. The molecule has 3 aromatic rings. The van der Waals surface area contributed by atoms with Gasteiger partial charge in [0.15, 0.2) is 0 Å². The van der Waals surface area contributed by atoms with E-state index in [1.54, 1.807) is 11.7 Å². The molecule has 1 atom stereocenters. The number of ether oxygens (including phenoxy) is 1. The quantitative estimate of drug-likeness (QED) is 0.207. The molecule has 43 heavy (non-hydrogen) atoms. The highest BCUT2D eigenvalue weighted by atomic mass is 35.5. The molecule has 2 aromatic heterocycles. The summed E-state index contributed by atoms with van der Waals surface area (Å²) in [5, 5.41) is 20.8. The highest BCUT2D eigenvalue weighted by molar-refractivity contribution is 6.31. The number of hydrogen-bond acceptors (Lipinski definition) is 7. The molecule has 0 saturated heterocycles. The van der Waals surface area contributed by atoms with E-state index in [0.717, 1.165) is 62.5 Å². The monoisotopic (exact) mass is 608 g/mol. The molecule has 11 heteroatoms. The minimum atomic E-state index is -1.05. The summed E-state index contributed by atoms with van der Waals surface area (Å²) in [6.45, 7) is 3.39. The van der Waals surface area contributed by atoms with Crippen LogP contribution in [0.4, 0.5) is 5.82 Å². The lowest BCUT2D eigenvalue weighted by Crippen LogP contribution is -2.47. The van der Waals surface area contributed by atoms with Crippen molar-refractivity contribution in [2.45, 2.75) is 62.8 Å². The van der Waals surface area contributed by atoms with Gasteiger partial charge in [0.25, 0.3) is 0 Å². The van der Waals surface area contributed by atoms with Gasteiger partial charge >= 0.3 is 5.97 Å². The number of benzene rings is 1. The number of aromatic nitrogens is 3. The van der Waals surface area contributed by atoms with Crippen LogP contribution in [0.25, 0.3) is 0 Å². The highest BCUT2D eigenvalue weighted by Gasteiger charge is 2.55. The van der Waals surface area contributed by atoms with Crippen molar-refractivity contribution in [2.24, 2.45) is 7.05 Å². The van der Waals surface area contributed by atoms with Gasteiger partial charge in [-0.25, -0.2) is 9.78 Å². The number of halogens is 1. The van der Waals surface area contributed by atoms with Gasteiger partial charge in [0.05, 0.1) is 22.3 Å². The van der Waals surface area contributed by atoms with E-state index in [4.69, 9.17) is 21.3 Å². The first kappa shape index (κ1) is 30.8. The molecule has 1 amide bonds. The third-order valence-corrected chi connectivity index (χ3v) is 8.67. The summed E-state index contributed by atoms with van der Waals surface area (Å²) < 4.78 is 7.54. The number of carbonyl (C=O) groups excluding carboxylic acids is 1. The Kier molecular flexibility index (Phi) is 10.2. The molecule has 3 N–H and O–H groups in total. The number of carbonyl (C=O) groups is 2. The molecule has 1 fully saturated rings. The van der Waals surface area contributed by atoms with Crippen LogP contribution in [0.1, 0.15) is 55.5 Å². The maximum atomic E-state index is 13.3. The van der Waals surface area contributed by atoms with Gasteiger partial charge < -0.3 is 20.5 Å². The molecular formula is C32H41ClN6O4. The number of anilines is 1. The van der Waals surface area contributed by atoms with E-state index < -0.39 is 17.4 Å². The second-order valence-corrected chi connectivity index (χ2v) is 11.9. The SMILES string of the molecule is Cn1ncc(Cl)c1C1(C(=O)N[C@@H](CCN(CCCCc2ccc3c(n2)NCCC3)CCOc2ccccc2)C(=O)O)CC1. The molecule has 0 radical (unpaired) electrons. The Morgan fingerprint density at radius 3 is 2.70 bits per heavy atom. The van der Waals surface area contributed by atoms with Crippen LogP contribution in [0, 0.1) is 0 Å². The van der Waals surface area contributed by atoms with Crippen LogP contribution in [0.2, 0.25) is 5.02 Å². The number of unbranched alkanes of at least 4 members (excludes halogenated alkanes) is 1. The molecule has 5 rings (SSSR count). The fourth-order valence-electron chi connectivity index (χ4n) is 5.81. The molecule has 230 valence electrons. The number of aliphatic carboxylic acids is 1. The summed E-state index contributed by atoms with van der Waals surface area (Å²) in [5.41, 5.74) is 2.19. The maximum Gasteiger partial charge on any atom is 0.326 e. The van der Waals surface area contributed by atoms with E-state index in [0.29, 0.717) is 43.3 Å². The number of aryl methyl sites for hydroxylation is 3. The Hall–Kier alpha value is -3.63. The Balaban J connectivity index is 1.16. The van der Waals surface area contributed by atoms with E-state index >= 15 is 0 Å². The van der Waals surface area contributed by atoms with Gasteiger partial charge in [0, 0.05) is 32.4 Å². The Bertz CT molecular complexity index is 1370. The van der Waals surface area contributed by atoms with E-state index in [2.05, 4.69) is 32.8 Å². The molecular weight excluding hydrogens is 568 g/mol. The molecule has 2 aliphatic rings. The van der Waals surface area contributed by atoms with Crippen LogP contribution < -0.4 is 15.4 Å². The lowest BCUT2D eigenvalue weighted by atomic mass is 10.00. The number of pyridine rings is 1. The second kappa shape index (κ2) is 14.2. The molecule has 1 aliphatic carbocycles. The predicted molar refractivity (Wildman–Crippen MR) is 166 cm³/mol. The molecule has 3 heterocycles. The zero-order valence-electron chi connectivity index (χ0n) is 24.7. The van der Waals surface area contributed by atoms with Gasteiger partial charge in [-0.15, -0.1) is 0 Å². The lowest BCUT2D eigenvalue weighted by Gasteiger charge is -2.25. The number of rotatable bonds is 16. The van der Waals surface area contributed by atoms with Crippen molar-refractivity contribution in [1.29, 1.82) is 0 Å². The number of nitrogens with one attached hydrogen (secondary N) is 2. The zero-order chi connectivity index (χ0) is 30.2. The molecule has 0 bridgehead atoms. The number of carboxylic acid groups (broad SMARTS) is 1. The van der Waals surface area contributed by atoms with Gasteiger partial charge in [-0.2, -0.15) is 5.10 Å². The van der Waals surface area contributed by atoms with E-state index in [-0.39, 0.29) is 12.3 Å². The largest absolute Gasteiger partial charge is 0.492 e. The minimum Gasteiger partial charge on any atom is -0.492 e. The average Bonchev–Trinajstić information content (AvgIpc) is 3.74. The van der Waals surface area contributed by atoms with Crippen molar-refractivity contribution in [3.8, 4) is 5.75 Å². The summed E-state index contributed by atoms with van der Waals surface area (Å²) in [6, 6.07) is 13.0. The first-order chi connectivity index (χ1) is 20.9. The Morgan fingerprint density at radius 2 is 1.98 bits per heavy atom. The number of carboxylic acids is 1. The Morgan fingerprint density at radius 1 is 1.16 bits per heavy atom. The average molecular weight is 609 g/mol. The van der Waals surface area contributed by atoms with Gasteiger partial charge in [0.2, 0.25) is 5.91 Å². The van der Waals surface area contributed by atoms with Crippen LogP contribution in [0.5, 0.6) is 5.75 Å². The van der Waals surface area contributed by atoms with Crippen molar-refractivity contribution in [2.75, 3.05) is 38.1 Å². The highest BCUT2D eigenvalue weighted by Crippen LogP contribution is 2.50. The van der Waals surface area contributed by atoms with Crippen LogP contribution in [0.3, 0.4) is 0 Å². The van der Waals surface area contributed by atoms with E-state index in [9.17, 15) is 14.7 Å². The van der Waals surface area contributed by atoms with Crippen LogP contribution in [-0.4, -0.2) is 75.5 Å². The number of nitrogens with zero attached hydrogens (tertiary/aromatic N) is 4. The summed E-state index contributed by atoms with van der Waals surface area (Å²) >= 11 is 6.33. The lowest BCUT2D eigenvalue weighted by molar-refractivity contribution is -0.142. The third-order valence-electron chi connectivity index (χ3n) is 8.40. The third kappa shape index (κ3) is 7.86. The molecule has 10 nitrogen and oxygen atoms in total. The maximum absolute atomic E-state index is 13.3. The topological polar surface area (TPSA) is 122 Å². The first-order valence-corrected chi connectivity index (χ1v) is 15.6. The smallest absolute Gasteiger partial charge is 0.326 e. The number of hydrogen-bond donors (Lipinski definition) is 3. The van der Waals surface area contributed by atoms with Crippen molar-refractivity contribution in [3.05, 3.63) is 70.6 Å². The normalized spacial score (nSPS) is 15.8. The van der Waals surface area contributed by atoms with Crippen molar-refractivity contribution >= 4 is 29.3 Å². The van der Waals surface area contributed by atoms with Gasteiger partial charge in [-0.05, 0) is 81.7 Å². The van der Waals surface area contributed by atoms with Crippen molar-refractivity contribution in [1.82, 2.24) is 25.0 Å². The molecule has 0 spiro atoms. The molecule has 0 unspecified atom stereocenters. The van der Waals surface area contributed by atoms with Gasteiger partial charge in [0.1, 0.15) is 24.2 Å². The van der Waals surface area contributed by atoms with Crippen LogP contribution >= 0.6 is 11.6 Å². The summed E-state index contributed by atoms with van der Waals surface area (Å²) in [4.78, 5) is 32.6. The molecule has 1 aliphatic heterocycles. The van der Waals surface area contributed by atoms with Crippen LogP contribution in [0.15, 0.2) is 48.7 Å². The first-order valence-electron chi connectivity index (χ1n) is 15.2. The Labute approximate surface area is 257 Å². The summed E-state index contributed by atoms with van der Waals surface area (Å²) in [7, 11) is 1.75. The second-order valence-electron chi connectivity index (χ2n) is 11.5. The van der Waals surface area contributed by atoms with Gasteiger partial charge in [-0.1, -0.05) is 35.9 Å². The number of fused-ring (bicyclic) bond motifs is 1. The number of amides is 1. The van der Waals surface area contributed by atoms with E-state index in [1.165, 1.54) is 11.8 Å². The van der Waals surface area contributed by atoms with Crippen molar-refractivity contribution < 1.29 is 19.4 Å². The zero-order valence-corrected chi connectivity index (χ0v) is 25.5. The number of para-hydroxylation sites is 1. The predicted octanol–water partition coefficient (Wildman–Crippen LogP) is 4.22. The summed E-state index contributed by atoms with van der Waals surface area (Å²) in [6.07, 6.45) is 8.03. The fraction of sp³-hybridized carbons (Fsp3) is 0.500. The van der Waals surface area contributed by atoms with Crippen LogP contribution in [-0.2, 0) is 34.9 Å². The molecule has 1 aromatic carbocycles. The standard InChI is InChI=1S/C32H41ClN6O4/c1-38-28(26(33)22-35-38)32(15-16-32)31(42)37-27(30(40)41)14-19-39(20-21-43-25-10-3-2-4-11-25)18-6-5-9-24-13-12-23-8-7-17-34-29(23)36-24/h2-4,10-13,22,27H,5-9,14-21H2,1H3,(H,34,36)(H,37,42)(H,40,41)/t27-/m0/s1. The van der Waals surface area contributed by atoms with Crippen molar-refractivity contribution in [3.63, 3.8) is 0 Å². The van der Waals surface area contributed by atoms with E-state index in [1.807, 2.05) is 30.3 Å². The molecule has 1 saturated carbocycles.